The average Bonchev–Trinajstić information content (AvgIpc) is 3.03. The molecule has 1 N–H and O–H groups in total. The zero-order valence-corrected chi connectivity index (χ0v) is 10.6. The van der Waals surface area contributed by atoms with Crippen LogP contribution in [-0.4, -0.2) is 26.5 Å². The van der Waals surface area contributed by atoms with Crippen molar-refractivity contribution in [2.24, 2.45) is 0 Å². The van der Waals surface area contributed by atoms with Gasteiger partial charge in [-0.15, -0.1) is 0 Å². The summed E-state index contributed by atoms with van der Waals surface area (Å²) in [5, 5.41) is 13.7. The molecule has 0 spiro atoms. The van der Waals surface area contributed by atoms with Crippen LogP contribution in [0, 0.1) is 0 Å². The van der Waals surface area contributed by atoms with Gasteiger partial charge in [-0.3, -0.25) is 0 Å². The summed E-state index contributed by atoms with van der Waals surface area (Å²) >= 11 is 0. The van der Waals surface area contributed by atoms with E-state index in [2.05, 4.69) is 10.1 Å². The molecule has 0 saturated carbocycles. The summed E-state index contributed by atoms with van der Waals surface area (Å²) in [6.07, 6.45) is 0.983. The van der Waals surface area contributed by atoms with Gasteiger partial charge in [-0.2, -0.15) is 5.10 Å². The summed E-state index contributed by atoms with van der Waals surface area (Å²) in [5.41, 5.74) is 0.809. The maximum Gasteiger partial charge on any atom is 0.164 e. The fourth-order valence-corrected chi connectivity index (χ4v) is 2.08. The first-order valence-electron chi connectivity index (χ1n) is 6.22. The zero-order chi connectivity index (χ0) is 13.2. The summed E-state index contributed by atoms with van der Waals surface area (Å²) in [7, 11) is 0. The molecule has 0 radical (unpaired) electrons. The second kappa shape index (κ2) is 4.89. The number of nitrogens with zero attached hydrogens (tertiary/aromatic N) is 3. The molecule has 1 aromatic heterocycles. The number of aryl methyl sites for hydroxylation is 1. The van der Waals surface area contributed by atoms with E-state index in [0.717, 1.165) is 17.9 Å². The quantitative estimate of drug-likeness (QED) is 0.898. The Hall–Kier alpha value is -2.08. The molecule has 1 aliphatic rings. The summed E-state index contributed by atoms with van der Waals surface area (Å²) in [4.78, 5) is 4.14. The van der Waals surface area contributed by atoms with Gasteiger partial charge in [-0.1, -0.05) is 0 Å². The highest BCUT2D eigenvalue weighted by atomic mass is 16.5. The molecule has 1 aromatic carbocycles. The number of aliphatic hydroxyl groups is 1. The number of aliphatic hydroxyl groups excluding tert-OH is 1. The van der Waals surface area contributed by atoms with Crippen LogP contribution in [0.1, 0.15) is 24.4 Å². The minimum atomic E-state index is -0.535. The van der Waals surface area contributed by atoms with E-state index in [0.29, 0.717) is 24.7 Å². The highest BCUT2D eigenvalue weighted by Crippen LogP contribution is 2.35. The molecule has 2 aromatic rings. The molecule has 2 heterocycles. The molecule has 0 fully saturated rings. The van der Waals surface area contributed by atoms with Gasteiger partial charge in [-0.05, 0) is 19.1 Å². The first-order chi connectivity index (χ1) is 9.28. The van der Waals surface area contributed by atoms with Gasteiger partial charge in [0.25, 0.3) is 0 Å². The molecule has 19 heavy (non-hydrogen) atoms. The van der Waals surface area contributed by atoms with Crippen molar-refractivity contribution >= 4 is 0 Å². The highest BCUT2D eigenvalue weighted by Gasteiger charge is 2.22. The highest BCUT2D eigenvalue weighted by molar-refractivity contribution is 5.44. The van der Waals surface area contributed by atoms with Gasteiger partial charge in [0.2, 0.25) is 0 Å². The lowest BCUT2D eigenvalue weighted by Gasteiger charge is -2.08. The number of benzene rings is 1. The summed E-state index contributed by atoms with van der Waals surface area (Å²) in [6.45, 7) is 3.43. The average molecular weight is 261 g/mol. The largest absolute Gasteiger partial charge is 0.490 e. The SMILES string of the molecule is CCn1ncnc1COc1ccc2c(c1)OCC2O. The Morgan fingerprint density at radius 2 is 2.42 bits per heavy atom. The number of hydrogen-bond acceptors (Lipinski definition) is 5. The summed E-state index contributed by atoms with van der Waals surface area (Å²) in [6, 6.07) is 5.44. The molecule has 0 saturated heterocycles. The Bertz CT molecular complexity index is 582. The summed E-state index contributed by atoms with van der Waals surface area (Å²) < 4.78 is 12.8. The lowest BCUT2D eigenvalue weighted by molar-refractivity contribution is 0.140. The van der Waals surface area contributed by atoms with Crippen LogP contribution in [0.4, 0.5) is 0 Å². The van der Waals surface area contributed by atoms with E-state index in [4.69, 9.17) is 9.47 Å². The van der Waals surface area contributed by atoms with Gasteiger partial charge < -0.3 is 14.6 Å². The second-order valence-corrected chi connectivity index (χ2v) is 4.31. The van der Waals surface area contributed by atoms with E-state index < -0.39 is 6.10 Å². The molecule has 1 atom stereocenters. The van der Waals surface area contributed by atoms with Crippen LogP contribution >= 0.6 is 0 Å². The first kappa shape index (κ1) is 12.0. The maximum absolute atomic E-state index is 9.63. The molecule has 6 nitrogen and oxygen atoms in total. The van der Waals surface area contributed by atoms with Gasteiger partial charge in [0.1, 0.15) is 37.1 Å². The van der Waals surface area contributed by atoms with Crippen molar-refractivity contribution in [2.45, 2.75) is 26.2 Å². The van der Waals surface area contributed by atoms with Crippen LogP contribution < -0.4 is 9.47 Å². The zero-order valence-electron chi connectivity index (χ0n) is 10.6. The van der Waals surface area contributed by atoms with Crippen LogP contribution in [0.25, 0.3) is 0 Å². The lowest BCUT2D eigenvalue weighted by atomic mass is 10.1. The van der Waals surface area contributed by atoms with E-state index in [1.165, 1.54) is 6.33 Å². The van der Waals surface area contributed by atoms with Crippen molar-refractivity contribution in [3.8, 4) is 11.5 Å². The minimum Gasteiger partial charge on any atom is -0.490 e. The topological polar surface area (TPSA) is 69.4 Å². The number of aromatic nitrogens is 3. The third-order valence-corrected chi connectivity index (χ3v) is 3.10. The fourth-order valence-electron chi connectivity index (χ4n) is 2.08. The Balaban J connectivity index is 1.71. The Morgan fingerprint density at radius 3 is 3.26 bits per heavy atom. The van der Waals surface area contributed by atoms with Gasteiger partial charge in [-0.25, -0.2) is 9.67 Å². The van der Waals surface area contributed by atoms with E-state index >= 15 is 0 Å². The van der Waals surface area contributed by atoms with Crippen molar-refractivity contribution in [1.29, 1.82) is 0 Å². The molecule has 100 valence electrons. The van der Waals surface area contributed by atoms with Crippen molar-refractivity contribution in [2.75, 3.05) is 6.61 Å². The Kier molecular flexibility index (Phi) is 3.08. The third kappa shape index (κ3) is 2.26. The molecular formula is C13H15N3O3. The first-order valence-corrected chi connectivity index (χ1v) is 6.22. The molecule has 3 rings (SSSR count). The normalized spacial score (nSPS) is 17.1. The Labute approximate surface area is 110 Å². The van der Waals surface area contributed by atoms with Gasteiger partial charge in [0.05, 0.1) is 0 Å². The smallest absolute Gasteiger partial charge is 0.164 e. The van der Waals surface area contributed by atoms with E-state index in [1.54, 1.807) is 10.7 Å². The number of fused-ring (bicyclic) bond motifs is 1. The maximum atomic E-state index is 9.63. The van der Waals surface area contributed by atoms with Crippen molar-refractivity contribution in [3.63, 3.8) is 0 Å². The van der Waals surface area contributed by atoms with Gasteiger partial charge in [0.15, 0.2) is 5.82 Å². The van der Waals surface area contributed by atoms with Crippen LogP contribution in [-0.2, 0) is 13.2 Å². The number of hydrogen-bond donors (Lipinski definition) is 1. The van der Waals surface area contributed by atoms with Crippen LogP contribution in [0.5, 0.6) is 11.5 Å². The van der Waals surface area contributed by atoms with E-state index in [9.17, 15) is 5.11 Å². The van der Waals surface area contributed by atoms with Crippen molar-refractivity contribution in [3.05, 3.63) is 35.9 Å². The molecule has 1 unspecified atom stereocenters. The molecule has 1 aliphatic heterocycles. The molecule has 0 amide bonds. The number of ether oxygens (including phenoxy) is 2. The standard InChI is InChI=1S/C13H15N3O3/c1-2-16-13(14-8-15-16)7-18-9-3-4-10-11(17)6-19-12(10)5-9/h3-5,8,11,17H,2,6-7H2,1H3. The predicted molar refractivity (Wildman–Crippen MR) is 66.9 cm³/mol. The third-order valence-electron chi connectivity index (χ3n) is 3.10. The van der Waals surface area contributed by atoms with E-state index in [1.807, 2.05) is 19.1 Å². The molecular weight excluding hydrogens is 246 g/mol. The molecule has 6 heteroatoms. The monoisotopic (exact) mass is 261 g/mol. The van der Waals surface area contributed by atoms with Crippen molar-refractivity contribution in [1.82, 2.24) is 14.8 Å². The Morgan fingerprint density at radius 1 is 1.53 bits per heavy atom. The van der Waals surface area contributed by atoms with Crippen LogP contribution in [0.3, 0.4) is 0 Å². The molecule has 0 bridgehead atoms. The van der Waals surface area contributed by atoms with Gasteiger partial charge >= 0.3 is 0 Å². The van der Waals surface area contributed by atoms with Gasteiger partial charge in [0, 0.05) is 18.2 Å². The molecule has 0 aliphatic carbocycles. The van der Waals surface area contributed by atoms with Crippen LogP contribution in [0.15, 0.2) is 24.5 Å². The second-order valence-electron chi connectivity index (χ2n) is 4.31. The predicted octanol–water partition coefficient (Wildman–Crippen LogP) is 1.30. The fraction of sp³-hybridized carbons (Fsp3) is 0.385. The number of rotatable bonds is 4. The van der Waals surface area contributed by atoms with E-state index in [-0.39, 0.29) is 0 Å². The van der Waals surface area contributed by atoms with Crippen LogP contribution in [0.2, 0.25) is 0 Å². The summed E-state index contributed by atoms with van der Waals surface area (Å²) in [5.74, 6) is 2.16. The van der Waals surface area contributed by atoms with Crippen molar-refractivity contribution < 1.29 is 14.6 Å². The lowest BCUT2D eigenvalue weighted by Crippen LogP contribution is -2.07. The minimum absolute atomic E-state index is 0.308.